The molecule has 1 atom stereocenters. The van der Waals surface area contributed by atoms with Crippen molar-refractivity contribution in [1.29, 1.82) is 0 Å². The predicted octanol–water partition coefficient (Wildman–Crippen LogP) is 2.03. The van der Waals surface area contributed by atoms with E-state index in [4.69, 9.17) is 4.74 Å². The quantitative estimate of drug-likeness (QED) is 0.729. The van der Waals surface area contributed by atoms with E-state index in [9.17, 15) is 13.2 Å². The summed E-state index contributed by atoms with van der Waals surface area (Å²) in [6, 6.07) is 0.0919. The van der Waals surface area contributed by atoms with E-state index in [0.29, 0.717) is 19.2 Å². The van der Waals surface area contributed by atoms with Gasteiger partial charge in [0.2, 0.25) is 0 Å². The maximum absolute atomic E-state index is 12.6. The van der Waals surface area contributed by atoms with Crippen LogP contribution in [-0.2, 0) is 4.74 Å². The maximum Gasteiger partial charge on any atom is 0.401 e. The Morgan fingerprint density at radius 2 is 1.94 bits per heavy atom. The first-order chi connectivity index (χ1) is 8.33. The first kappa shape index (κ1) is 15.7. The lowest BCUT2D eigenvalue weighted by Crippen LogP contribution is -2.52. The second kappa shape index (κ2) is 6.73. The van der Waals surface area contributed by atoms with Crippen molar-refractivity contribution in [1.82, 2.24) is 10.2 Å². The zero-order valence-corrected chi connectivity index (χ0v) is 11.3. The fraction of sp³-hybridized carbons (Fsp3) is 1.00. The van der Waals surface area contributed by atoms with Crippen molar-refractivity contribution in [2.45, 2.75) is 51.0 Å². The van der Waals surface area contributed by atoms with E-state index in [0.717, 1.165) is 12.8 Å². The van der Waals surface area contributed by atoms with E-state index in [2.05, 4.69) is 5.32 Å². The number of hydrogen-bond donors (Lipinski definition) is 1. The summed E-state index contributed by atoms with van der Waals surface area (Å²) in [5, 5.41) is 3.27. The molecule has 0 aromatic carbocycles. The summed E-state index contributed by atoms with van der Waals surface area (Å²) in [6.07, 6.45) is -1.92. The van der Waals surface area contributed by atoms with Gasteiger partial charge in [0.15, 0.2) is 0 Å². The zero-order valence-electron chi connectivity index (χ0n) is 11.3. The summed E-state index contributed by atoms with van der Waals surface area (Å²) >= 11 is 0. The number of halogens is 3. The molecule has 0 saturated heterocycles. The van der Waals surface area contributed by atoms with Crippen LogP contribution in [0.1, 0.15) is 26.7 Å². The first-order valence-corrected chi connectivity index (χ1v) is 6.38. The second-order valence-corrected chi connectivity index (χ2v) is 5.17. The molecule has 6 heteroatoms. The minimum absolute atomic E-state index is 0.159. The van der Waals surface area contributed by atoms with Crippen LogP contribution in [0.5, 0.6) is 0 Å². The van der Waals surface area contributed by atoms with Gasteiger partial charge in [-0.25, -0.2) is 0 Å². The first-order valence-electron chi connectivity index (χ1n) is 6.38. The fourth-order valence-corrected chi connectivity index (χ4v) is 1.99. The molecule has 1 fully saturated rings. The van der Waals surface area contributed by atoms with Gasteiger partial charge in [-0.2, -0.15) is 13.2 Å². The average Bonchev–Trinajstić information content (AvgIpc) is 3.03. The number of alkyl halides is 3. The molecule has 0 aromatic rings. The molecule has 0 bridgehead atoms. The lowest BCUT2D eigenvalue weighted by molar-refractivity contribution is -0.157. The Labute approximate surface area is 107 Å². The van der Waals surface area contributed by atoms with Gasteiger partial charge >= 0.3 is 6.18 Å². The Hall–Kier alpha value is -0.330. The molecule has 1 unspecified atom stereocenters. The van der Waals surface area contributed by atoms with Gasteiger partial charge in [0.25, 0.3) is 0 Å². The van der Waals surface area contributed by atoms with Crippen molar-refractivity contribution in [3.05, 3.63) is 0 Å². The van der Waals surface area contributed by atoms with Gasteiger partial charge in [-0.1, -0.05) is 0 Å². The molecular formula is C12H23F3N2O. The largest absolute Gasteiger partial charge is 0.401 e. The Balaban J connectivity index is 2.56. The third kappa shape index (κ3) is 6.02. The van der Waals surface area contributed by atoms with Crippen molar-refractivity contribution >= 4 is 0 Å². The highest BCUT2D eigenvalue weighted by Gasteiger charge is 2.35. The van der Waals surface area contributed by atoms with Crippen LogP contribution in [0.4, 0.5) is 13.2 Å². The van der Waals surface area contributed by atoms with Gasteiger partial charge in [-0.3, -0.25) is 4.90 Å². The Kier molecular flexibility index (Phi) is 5.88. The molecule has 18 heavy (non-hydrogen) atoms. The van der Waals surface area contributed by atoms with Gasteiger partial charge in [-0.15, -0.1) is 0 Å². The van der Waals surface area contributed by atoms with Crippen LogP contribution < -0.4 is 5.32 Å². The van der Waals surface area contributed by atoms with Crippen LogP contribution in [0.25, 0.3) is 0 Å². The zero-order chi connectivity index (χ0) is 13.8. The van der Waals surface area contributed by atoms with Crippen molar-refractivity contribution in [3.8, 4) is 0 Å². The smallest absolute Gasteiger partial charge is 0.383 e. The van der Waals surface area contributed by atoms with E-state index in [1.54, 1.807) is 13.8 Å². The van der Waals surface area contributed by atoms with Crippen molar-refractivity contribution in [3.63, 3.8) is 0 Å². The van der Waals surface area contributed by atoms with Gasteiger partial charge in [0.1, 0.15) is 0 Å². The van der Waals surface area contributed by atoms with E-state index >= 15 is 0 Å². The molecule has 1 aliphatic rings. The van der Waals surface area contributed by atoms with E-state index < -0.39 is 12.7 Å². The molecule has 1 N–H and O–H groups in total. The molecule has 1 aliphatic carbocycles. The van der Waals surface area contributed by atoms with E-state index in [-0.39, 0.29) is 12.1 Å². The number of rotatable bonds is 8. The number of nitrogens with one attached hydrogen (secondary N) is 1. The van der Waals surface area contributed by atoms with Gasteiger partial charge in [0, 0.05) is 31.8 Å². The molecule has 0 aliphatic heterocycles. The molecule has 1 rings (SSSR count). The Morgan fingerprint density at radius 3 is 2.33 bits per heavy atom. The normalized spacial score (nSPS) is 18.7. The minimum atomic E-state index is -4.17. The summed E-state index contributed by atoms with van der Waals surface area (Å²) in [4.78, 5) is 1.46. The van der Waals surface area contributed by atoms with Gasteiger partial charge in [0.05, 0.1) is 13.2 Å². The van der Waals surface area contributed by atoms with Crippen LogP contribution in [0, 0.1) is 0 Å². The average molecular weight is 268 g/mol. The lowest BCUT2D eigenvalue weighted by Gasteiger charge is -2.35. The van der Waals surface area contributed by atoms with Crippen molar-refractivity contribution in [2.75, 3.05) is 26.8 Å². The maximum atomic E-state index is 12.6. The summed E-state index contributed by atoms with van der Waals surface area (Å²) in [5.74, 6) is 0. The molecule has 0 aromatic heterocycles. The molecule has 0 spiro atoms. The highest BCUT2D eigenvalue weighted by molar-refractivity contribution is 4.85. The monoisotopic (exact) mass is 268 g/mol. The van der Waals surface area contributed by atoms with E-state index in [1.807, 2.05) is 0 Å². The topological polar surface area (TPSA) is 24.5 Å². The standard InChI is InChI=1S/C12H23F3N2O/c1-9(2)17(8-12(13,14)15)11(7-18-3)6-16-10-4-5-10/h9-11,16H,4-8H2,1-3H3. The van der Waals surface area contributed by atoms with Crippen molar-refractivity contribution in [2.24, 2.45) is 0 Å². The third-order valence-electron chi connectivity index (χ3n) is 3.07. The highest BCUT2D eigenvalue weighted by atomic mass is 19.4. The molecule has 3 nitrogen and oxygen atoms in total. The summed E-state index contributed by atoms with van der Waals surface area (Å²) in [5.41, 5.74) is 0. The predicted molar refractivity (Wildman–Crippen MR) is 64.6 cm³/mol. The van der Waals surface area contributed by atoms with Gasteiger partial charge in [-0.05, 0) is 26.7 Å². The number of hydrogen-bond acceptors (Lipinski definition) is 3. The molecule has 0 heterocycles. The molecule has 108 valence electrons. The number of nitrogens with zero attached hydrogens (tertiary/aromatic N) is 1. The Morgan fingerprint density at radius 1 is 1.33 bits per heavy atom. The van der Waals surface area contributed by atoms with Crippen LogP contribution >= 0.6 is 0 Å². The summed E-state index contributed by atoms with van der Waals surface area (Å²) < 4.78 is 42.8. The van der Waals surface area contributed by atoms with Crippen LogP contribution in [0.2, 0.25) is 0 Å². The Bertz CT molecular complexity index is 242. The molecule has 0 radical (unpaired) electrons. The lowest BCUT2D eigenvalue weighted by atomic mass is 10.2. The van der Waals surface area contributed by atoms with Crippen LogP contribution in [0.3, 0.4) is 0 Å². The molecular weight excluding hydrogens is 245 g/mol. The summed E-state index contributed by atoms with van der Waals surface area (Å²) in [6.45, 7) is 3.54. The van der Waals surface area contributed by atoms with Crippen LogP contribution in [-0.4, -0.2) is 56.0 Å². The number of ether oxygens (including phenoxy) is 1. The molecule has 1 saturated carbocycles. The SMILES string of the molecule is COCC(CNC1CC1)N(CC(F)(F)F)C(C)C. The highest BCUT2D eigenvalue weighted by Crippen LogP contribution is 2.22. The third-order valence-corrected chi connectivity index (χ3v) is 3.07. The minimum Gasteiger partial charge on any atom is -0.383 e. The van der Waals surface area contributed by atoms with Crippen LogP contribution in [0.15, 0.2) is 0 Å². The number of methoxy groups -OCH3 is 1. The summed E-state index contributed by atoms with van der Waals surface area (Å²) in [7, 11) is 1.52. The fourth-order valence-electron chi connectivity index (χ4n) is 1.99. The molecule has 0 amide bonds. The van der Waals surface area contributed by atoms with Crippen molar-refractivity contribution < 1.29 is 17.9 Å². The van der Waals surface area contributed by atoms with Gasteiger partial charge < -0.3 is 10.1 Å². The second-order valence-electron chi connectivity index (χ2n) is 5.17. The van der Waals surface area contributed by atoms with E-state index in [1.165, 1.54) is 12.0 Å².